The smallest absolute Gasteiger partial charge is 0.227 e. The SMILES string of the molecule is CCc1nc(Nc2cccc(OCC(C)C)c2)ncc1CN. The molecule has 118 valence electrons. The molecule has 1 heterocycles. The van der Waals surface area contributed by atoms with Crippen molar-refractivity contribution in [1.82, 2.24) is 9.97 Å². The fraction of sp³-hybridized carbons (Fsp3) is 0.412. The monoisotopic (exact) mass is 300 g/mol. The Morgan fingerprint density at radius 2 is 2.14 bits per heavy atom. The van der Waals surface area contributed by atoms with Crippen molar-refractivity contribution in [1.29, 1.82) is 0 Å². The maximum absolute atomic E-state index is 5.73. The molecule has 1 aromatic carbocycles. The minimum atomic E-state index is 0.460. The van der Waals surface area contributed by atoms with Gasteiger partial charge in [-0.15, -0.1) is 0 Å². The Bertz CT molecular complexity index is 613. The molecule has 0 bridgehead atoms. The van der Waals surface area contributed by atoms with E-state index in [9.17, 15) is 0 Å². The van der Waals surface area contributed by atoms with Crippen LogP contribution in [0.3, 0.4) is 0 Å². The molecule has 0 amide bonds. The maximum atomic E-state index is 5.73. The van der Waals surface area contributed by atoms with Gasteiger partial charge >= 0.3 is 0 Å². The molecule has 1 aromatic heterocycles. The van der Waals surface area contributed by atoms with E-state index in [1.165, 1.54) is 0 Å². The minimum absolute atomic E-state index is 0.460. The molecule has 0 atom stereocenters. The molecule has 0 saturated heterocycles. The van der Waals surface area contributed by atoms with Crippen LogP contribution in [0.1, 0.15) is 32.0 Å². The largest absolute Gasteiger partial charge is 0.493 e. The highest BCUT2D eigenvalue weighted by Crippen LogP contribution is 2.21. The lowest BCUT2D eigenvalue weighted by Gasteiger charge is -2.11. The highest BCUT2D eigenvalue weighted by Gasteiger charge is 2.05. The number of aryl methyl sites for hydroxylation is 1. The standard InChI is InChI=1S/C17H24N4O/c1-4-16-13(9-18)10-19-17(21-16)20-14-6-5-7-15(8-14)22-11-12(2)3/h5-8,10,12H,4,9,11,18H2,1-3H3,(H,19,20,21). The van der Waals surface area contributed by atoms with Gasteiger partial charge in [-0.1, -0.05) is 26.8 Å². The Hall–Kier alpha value is -2.14. The van der Waals surface area contributed by atoms with Crippen molar-refractivity contribution in [3.8, 4) is 5.75 Å². The molecule has 2 aromatic rings. The van der Waals surface area contributed by atoms with Crippen LogP contribution in [-0.2, 0) is 13.0 Å². The zero-order valence-corrected chi connectivity index (χ0v) is 13.5. The van der Waals surface area contributed by atoms with Gasteiger partial charge in [0.15, 0.2) is 0 Å². The van der Waals surface area contributed by atoms with Crippen LogP contribution in [0.5, 0.6) is 5.75 Å². The van der Waals surface area contributed by atoms with E-state index in [4.69, 9.17) is 10.5 Å². The zero-order valence-electron chi connectivity index (χ0n) is 13.5. The summed E-state index contributed by atoms with van der Waals surface area (Å²) in [5.41, 5.74) is 8.56. The van der Waals surface area contributed by atoms with Crippen molar-refractivity contribution < 1.29 is 4.74 Å². The van der Waals surface area contributed by atoms with Crippen LogP contribution in [0, 0.1) is 5.92 Å². The molecule has 2 rings (SSSR count). The molecule has 22 heavy (non-hydrogen) atoms. The summed E-state index contributed by atoms with van der Waals surface area (Å²) in [5, 5.41) is 3.21. The molecule has 0 aliphatic carbocycles. The van der Waals surface area contributed by atoms with Crippen LogP contribution in [0.2, 0.25) is 0 Å². The summed E-state index contributed by atoms with van der Waals surface area (Å²) in [6, 6.07) is 7.82. The third-order valence-electron chi connectivity index (χ3n) is 3.18. The van der Waals surface area contributed by atoms with Crippen molar-refractivity contribution in [3.63, 3.8) is 0 Å². The second kappa shape index (κ2) is 7.75. The van der Waals surface area contributed by atoms with Crippen LogP contribution in [-0.4, -0.2) is 16.6 Å². The Balaban J connectivity index is 2.11. The molecule has 5 heteroatoms. The molecule has 3 N–H and O–H groups in total. The Morgan fingerprint density at radius 3 is 2.82 bits per heavy atom. The van der Waals surface area contributed by atoms with E-state index in [0.29, 0.717) is 25.0 Å². The third-order valence-corrected chi connectivity index (χ3v) is 3.18. The number of anilines is 2. The minimum Gasteiger partial charge on any atom is -0.493 e. The molecule has 0 fully saturated rings. The van der Waals surface area contributed by atoms with E-state index in [1.807, 2.05) is 24.3 Å². The molecular weight excluding hydrogens is 276 g/mol. The number of rotatable bonds is 7. The Morgan fingerprint density at radius 1 is 1.32 bits per heavy atom. The summed E-state index contributed by atoms with van der Waals surface area (Å²) in [6.07, 6.45) is 2.62. The fourth-order valence-electron chi connectivity index (χ4n) is 2.03. The normalized spacial score (nSPS) is 10.8. The van der Waals surface area contributed by atoms with Crippen LogP contribution in [0.15, 0.2) is 30.5 Å². The number of nitrogens with one attached hydrogen (secondary N) is 1. The molecule has 0 radical (unpaired) electrons. The third kappa shape index (κ3) is 4.43. The fourth-order valence-corrected chi connectivity index (χ4v) is 2.03. The van der Waals surface area contributed by atoms with Crippen LogP contribution in [0.25, 0.3) is 0 Å². The number of nitrogens with two attached hydrogens (primary N) is 1. The van der Waals surface area contributed by atoms with E-state index in [0.717, 1.165) is 29.1 Å². The Labute approximate surface area is 131 Å². The average molecular weight is 300 g/mol. The van der Waals surface area contributed by atoms with Gasteiger partial charge in [-0.2, -0.15) is 0 Å². The molecule has 0 aliphatic heterocycles. The zero-order chi connectivity index (χ0) is 15.9. The second-order valence-electron chi connectivity index (χ2n) is 5.58. The first-order valence-corrected chi connectivity index (χ1v) is 7.67. The molecular formula is C17H24N4O. The van der Waals surface area contributed by atoms with Crippen LogP contribution >= 0.6 is 0 Å². The summed E-state index contributed by atoms with van der Waals surface area (Å²) in [7, 11) is 0. The predicted molar refractivity (Wildman–Crippen MR) is 89.4 cm³/mol. The van der Waals surface area contributed by atoms with Gasteiger partial charge in [-0.05, 0) is 24.5 Å². The number of hydrogen-bond donors (Lipinski definition) is 2. The number of ether oxygens (including phenoxy) is 1. The molecule has 0 unspecified atom stereocenters. The van der Waals surface area contributed by atoms with Crippen LogP contribution < -0.4 is 15.8 Å². The lowest BCUT2D eigenvalue weighted by molar-refractivity contribution is 0.271. The topological polar surface area (TPSA) is 73.1 Å². The van der Waals surface area contributed by atoms with E-state index in [2.05, 4.69) is 36.1 Å². The summed E-state index contributed by atoms with van der Waals surface area (Å²) >= 11 is 0. The van der Waals surface area contributed by atoms with E-state index in [-0.39, 0.29) is 0 Å². The van der Waals surface area contributed by atoms with E-state index < -0.39 is 0 Å². The summed E-state index contributed by atoms with van der Waals surface area (Å²) in [4.78, 5) is 8.83. The highest BCUT2D eigenvalue weighted by atomic mass is 16.5. The van der Waals surface area contributed by atoms with Gasteiger partial charge in [0.05, 0.1) is 12.3 Å². The Kier molecular flexibility index (Phi) is 5.72. The van der Waals surface area contributed by atoms with Crippen molar-refractivity contribution in [3.05, 3.63) is 41.7 Å². The first-order chi connectivity index (χ1) is 10.6. The summed E-state index contributed by atoms with van der Waals surface area (Å²) in [6.45, 7) is 7.47. The second-order valence-corrected chi connectivity index (χ2v) is 5.58. The van der Waals surface area contributed by atoms with Crippen molar-refractivity contribution >= 4 is 11.6 Å². The van der Waals surface area contributed by atoms with Gasteiger partial charge in [0.25, 0.3) is 0 Å². The van der Waals surface area contributed by atoms with Crippen molar-refractivity contribution in [2.24, 2.45) is 11.7 Å². The van der Waals surface area contributed by atoms with Crippen molar-refractivity contribution in [2.45, 2.75) is 33.7 Å². The quantitative estimate of drug-likeness (QED) is 0.821. The van der Waals surface area contributed by atoms with Gasteiger partial charge in [-0.3, -0.25) is 0 Å². The van der Waals surface area contributed by atoms with Crippen LogP contribution in [0.4, 0.5) is 11.6 Å². The first-order valence-electron chi connectivity index (χ1n) is 7.67. The van der Waals surface area contributed by atoms with Gasteiger partial charge < -0.3 is 15.8 Å². The number of benzene rings is 1. The van der Waals surface area contributed by atoms with Gasteiger partial charge in [0.2, 0.25) is 5.95 Å². The summed E-state index contributed by atoms with van der Waals surface area (Å²) in [5.74, 6) is 1.92. The molecule has 0 aliphatic rings. The predicted octanol–water partition coefficient (Wildman–Crippen LogP) is 3.28. The first kappa shape index (κ1) is 16.2. The molecule has 0 spiro atoms. The van der Waals surface area contributed by atoms with Gasteiger partial charge in [-0.25, -0.2) is 9.97 Å². The summed E-state index contributed by atoms with van der Waals surface area (Å²) < 4.78 is 5.73. The van der Waals surface area contributed by atoms with Gasteiger partial charge in [0, 0.05) is 30.1 Å². The van der Waals surface area contributed by atoms with Crippen molar-refractivity contribution in [2.75, 3.05) is 11.9 Å². The number of aromatic nitrogens is 2. The van der Waals surface area contributed by atoms with E-state index >= 15 is 0 Å². The number of nitrogens with zero attached hydrogens (tertiary/aromatic N) is 2. The maximum Gasteiger partial charge on any atom is 0.227 e. The highest BCUT2D eigenvalue weighted by molar-refractivity contribution is 5.56. The van der Waals surface area contributed by atoms with E-state index in [1.54, 1.807) is 6.20 Å². The lowest BCUT2D eigenvalue weighted by Crippen LogP contribution is -2.07. The van der Waals surface area contributed by atoms with Gasteiger partial charge in [0.1, 0.15) is 5.75 Å². The average Bonchev–Trinajstić information content (AvgIpc) is 2.53. The lowest BCUT2D eigenvalue weighted by atomic mass is 10.2. The molecule has 0 saturated carbocycles. The number of hydrogen-bond acceptors (Lipinski definition) is 5. The molecule has 5 nitrogen and oxygen atoms in total.